The van der Waals surface area contributed by atoms with Crippen LogP contribution < -0.4 is 4.90 Å². The molecule has 30 heavy (non-hydrogen) atoms. The number of fused-ring (bicyclic) bond motifs is 3. The van der Waals surface area contributed by atoms with Crippen LogP contribution in [0.1, 0.15) is 38.2 Å². The first-order valence-electron chi connectivity index (χ1n) is 10.7. The predicted molar refractivity (Wildman–Crippen MR) is 110 cm³/mol. The first-order valence-corrected chi connectivity index (χ1v) is 10.7. The third-order valence-corrected chi connectivity index (χ3v) is 6.72. The molecule has 158 valence electrons. The number of aromatic amines is 1. The summed E-state index contributed by atoms with van der Waals surface area (Å²) in [5.74, 6) is 1.52. The van der Waals surface area contributed by atoms with Crippen molar-refractivity contribution in [2.24, 2.45) is 0 Å². The van der Waals surface area contributed by atoms with Gasteiger partial charge in [-0.1, -0.05) is 0 Å². The van der Waals surface area contributed by atoms with Gasteiger partial charge in [0, 0.05) is 37.0 Å². The van der Waals surface area contributed by atoms with E-state index in [1.54, 1.807) is 17.1 Å². The average Bonchev–Trinajstić information content (AvgIpc) is 3.47. The molecule has 2 N–H and O–H groups in total. The molecular formula is C21H26N6O3. The maximum absolute atomic E-state index is 11.8. The molecule has 9 heteroatoms. The molecule has 3 aliphatic heterocycles. The Morgan fingerprint density at radius 3 is 2.80 bits per heavy atom. The SMILES string of the molecule is C[C@@H]1COCCN1c1cc([C@]2(O)C[C@H]3CC[C@@H](C2)O3)c2cnn(-c3cc[nH]n3)c2n1. The van der Waals surface area contributed by atoms with Crippen LogP contribution in [0.15, 0.2) is 24.5 Å². The van der Waals surface area contributed by atoms with Gasteiger partial charge in [0.25, 0.3) is 0 Å². The molecular weight excluding hydrogens is 384 g/mol. The van der Waals surface area contributed by atoms with Crippen LogP contribution in [0.2, 0.25) is 0 Å². The lowest BCUT2D eigenvalue weighted by molar-refractivity contribution is -0.114. The van der Waals surface area contributed by atoms with E-state index < -0.39 is 5.60 Å². The molecule has 9 nitrogen and oxygen atoms in total. The van der Waals surface area contributed by atoms with Crippen molar-refractivity contribution >= 4 is 16.9 Å². The summed E-state index contributed by atoms with van der Waals surface area (Å²) in [5.41, 5.74) is 0.651. The molecule has 0 radical (unpaired) electrons. The fraction of sp³-hybridized carbons (Fsp3) is 0.571. The molecule has 4 atom stereocenters. The van der Waals surface area contributed by atoms with Crippen LogP contribution in [0, 0.1) is 0 Å². The number of morpholine rings is 1. The number of pyridine rings is 1. The van der Waals surface area contributed by atoms with Gasteiger partial charge in [-0.15, -0.1) is 0 Å². The topological polar surface area (TPSA) is 101 Å². The molecule has 0 aliphatic carbocycles. The molecule has 3 aliphatic rings. The summed E-state index contributed by atoms with van der Waals surface area (Å²) in [6, 6.07) is 4.13. The molecule has 3 aromatic heterocycles. The maximum atomic E-state index is 11.8. The molecule has 3 aromatic rings. The normalized spacial score (nSPS) is 31.5. The second kappa shape index (κ2) is 6.76. The Balaban J connectivity index is 1.54. The maximum Gasteiger partial charge on any atom is 0.177 e. The van der Waals surface area contributed by atoms with Crippen molar-refractivity contribution < 1.29 is 14.6 Å². The summed E-state index contributed by atoms with van der Waals surface area (Å²) in [6.07, 6.45) is 7.04. The van der Waals surface area contributed by atoms with Crippen molar-refractivity contribution in [3.05, 3.63) is 30.1 Å². The minimum Gasteiger partial charge on any atom is -0.385 e. The van der Waals surface area contributed by atoms with Crippen LogP contribution in [0.4, 0.5) is 5.82 Å². The standard InChI is InChI=1S/C21H26N6O3/c1-13-12-29-7-6-26(13)19-8-17(21(28)9-14-2-3-15(10-21)30-14)16-11-23-27(20(16)24-19)18-4-5-22-25-18/h4-5,8,11,13-15,28H,2-3,6-7,9-10,12H2,1H3,(H,22,25)/t13-,14-,15+,21+/m1/s1. The van der Waals surface area contributed by atoms with Crippen LogP contribution in [-0.4, -0.2) is 68.1 Å². The Bertz CT molecular complexity index is 1050. The number of nitrogens with zero attached hydrogens (tertiary/aromatic N) is 5. The highest BCUT2D eigenvalue weighted by Gasteiger charge is 2.46. The van der Waals surface area contributed by atoms with Crippen molar-refractivity contribution in [2.45, 2.75) is 56.5 Å². The molecule has 0 spiro atoms. The molecule has 2 bridgehead atoms. The number of hydrogen-bond acceptors (Lipinski definition) is 7. The van der Waals surface area contributed by atoms with E-state index in [4.69, 9.17) is 14.5 Å². The highest BCUT2D eigenvalue weighted by atomic mass is 16.5. The van der Waals surface area contributed by atoms with Crippen molar-refractivity contribution in [3.63, 3.8) is 0 Å². The molecule has 6 heterocycles. The zero-order chi connectivity index (χ0) is 20.3. The second-order valence-corrected chi connectivity index (χ2v) is 8.77. The smallest absolute Gasteiger partial charge is 0.177 e. The van der Waals surface area contributed by atoms with Gasteiger partial charge in [0.15, 0.2) is 11.5 Å². The van der Waals surface area contributed by atoms with Gasteiger partial charge >= 0.3 is 0 Å². The van der Waals surface area contributed by atoms with Crippen molar-refractivity contribution in [1.29, 1.82) is 0 Å². The zero-order valence-electron chi connectivity index (χ0n) is 17.0. The van der Waals surface area contributed by atoms with Gasteiger partial charge in [0.2, 0.25) is 0 Å². The monoisotopic (exact) mass is 410 g/mol. The third kappa shape index (κ3) is 2.84. The summed E-state index contributed by atoms with van der Waals surface area (Å²) < 4.78 is 13.4. The first kappa shape index (κ1) is 18.3. The summed E-state index contributed by atoms with van der Waals surface area (Å²) in [6.45, 7) is 4.23. The number of anilines is 1. The predicted octanol–water partition coefficient (Wildman–Crippen LogP) is 1.90. The minimum absolute atomic E-state index is 0.115. The fourth-order valence-electron chi connectivity index (χ4n) is 5.26. The van der Waals surface area contributed by atoms with Crippen LogP contribution in [0.3, 0.4) is 0 Å². The van der Waals surface area contributed by atoms with Crippen molar-refractivity contribution in [3.8, 4) is 5.82 Å². The van der Waals surface area contributed by atoms with Crippen molar-refractivity contribution in [1.82, 2.24) is 25.0 Å². The van der Waals surface area contributed by atoms with Gasteiger partial charge in [0.05, 0.1) is 43.3 Å². The number of H-pyrrole nitrogens is 1. The molecule has 0 amide bonds. The van der Waals surface area contributed by atoms with E-state index in [9.17, 15) is 5.11 Å². The number of hydrogen-bond donors (Lipinski definition) is 2. The van der Waals surface area contributed by atoms with E-state index in [1.807, 2.05) is 6.07 Å². The number of aromatic nitrogens is 5. The number of aliphatic hydroxyl groups is 1. The van der Waals surface area contributed by atoms with E-state index in [2.05, 4.69) is 33.2 Å². The summed E-state index contributed by atoms with van der Waals surface area (Å²) in [7, 11) is 0. The van der Waals surface area contributed by atoms with E-state index in [0.29, 0.717) is 37.5 Å². The Morgan fingerprint density at radius 2 is 2.07 bits per heavy atom. The van der Waals surface area contributed by atoms with Gasteiger partial charge in [-0.05, 0) is 31.4 Å². The molecule has 0 saturated carbocycles. The Hall–Kier alpha value is -2.49. The van der Waals surface area contributed by atoms with Crippen LogP contribution in [0.25, 0.3) is 16.9 Å². The number of ether oxygens (including phenoxy) is 2. The van der Waals surface area contributed by atoms with Crippen LogP contribution in [0.5, 0.6) is 0 Å². The first-order chi connectivity index (χ1) is 14.6. The largest absolute Gasteiger partial charge is 0.385 e. The molecule has 0 aromatic carbocycles. The van der Waals surface area contributed by atoms with E-state index in [-0.39, 0.29) is 18.2 Å². The summed E-state index contributed by atoms with van der Waals surface area (Å²) in [5, 5.41) is 24.4. The zero-order valence-corrected chi connectivity index (χ0v) is 17.0. The Kier molecular flexibility index (Phi) is 4.12. The van der Waals surface area contributed by atoms with Crippen LogP contribution in [-0.2, 0) is 15.1 Å². The summed E-state index contributed by atoms with van der Waals surface area (Å²) >= 11 is 0. The van der Waals surface area contributed by atoms with Crippen molar-refractivity contribution in [2.75, 3.05) is 24.7 Å². The molecule has 3 fully saturated rings. The Labute approximate surface area is 174 Å². The highest BCUT2D eigenvalue weighted by molar-refractivity contribution is 5.83. The van der Waals surface area contributed by atoms with Gasteiger partial charge in [-0.25, -0.2) is 4.98 Å². The van der Waals surface area contributed by atoms with Gasteiger partial charge in [0.1, 0.15) is 5.82 Å². The van der Waals surface area contributed by atoms with E-state index in [1.165, 1.54) is 0 Å². The minimum atomic E-state index is -0.949. The summed E-state index contributed by atoms with van der Waals surface area (Å²) in [4.78, 5) is 7.24. The lowest BCUT2D eigenvalue weighted by atomic mass is 9.82. The molecule has 3 saturated heterocycles. The quantitative estimate of drug-likeness (QED) is 0.680. The lowest BCUT2D eigenvalue weighted by Gasteiger charge is -2.39. The van der Waals surface area contributed by atoms with Gasteiger partial charge < -0.3 is 19.5 Å². The van der Waals surface area contributed by atoms with Crippen LogP contribution >= 0.6 is 0 Å². The number of rotatable bonds is 3. The fourth-order valence-corrected chi connectivity index (χ4v) is 5.26. The molecule has 0 unspecified atom stereocenters. The second-order valence-electron chi connectivity index (χ2n) is 8.77. The Morgan fingerprint density at radius 1 is 1.23 bits per heavy atom. The average molecular weight is 410 g/mol. The third-order valence-electron chi connectivity index (χ3n) is 6.72. The van der Waals surface area contributed by atoms with E-state index >= 15 is 0 Å². The lowest BCUT2D eigenvalue weighted by Crippen LogP contribution is -2.44. The molecule has 6 rings (SSSR count). The van der Waals surface area contributed by atoms with E-state index in [0.717, 1.165) is 36.2 Å². The van der Waals surface area contributed by atoms with Gasteiger partial charge in [-0.3, -0.25) is 5.10 Å². The highest BCUT2D eigenvalue weighted by Crippen LogP contribution is 2.46. The number of nitrogens with one attached hydrogen (secondary N) is 1. The van der Waals surface area contributed by atoms with Gasteiger partial charge in [-0.2, -0.15) is 14.9 Å².